The van der Waals surface area contributed by atoms with Crippen molar-refractivity contribution in [3.05, 3.63) is 22.2 Å². The van der Waals surface area contributed by atoms with Crippen molar-refractivity contribution in [1.29, 1.82) is 0 Å². The van der Waals surface area contributed by atoms with Crippen molar-refractivity contribution in [2.75, 3.05) is 14.2 Å². The predicted molar refractivity (Wildman–Crippen MR) is 68.3 cm³/mol. The summed E-state index contributed by atoms with van der Waals surface area (Å²) in [4.78, 5) is 14.4. The molecule has 96 valence electrons. The molecule has 1 aromatic carbocycles. The zero-order valence-corrected chi connectivity index (χ0v) is 11.3. The van der Waals surface area contributed by atoms with Crippen LogP contribution in [-0.4, -0.2) is 20.3 Å². The summed E-state index contributed by atoms with van der Waals surface area (Å²) in [5, 5.41) is 0.579. The highest BCUT2D eigenvalue weighted by Gasteiger charge is 2.48. The standard InChI is InChI=1S/C13H14ClNO3/c1-8-10(14)6-9(12(18-3)11(8)17-2)13(4-5-13)15-7-16/h6H,4-5H2,1-3H3. The summed E-state index contributed by atoms with van der Waals surface area (Å²) in [6.07, 6.45) is 3.21. The number of hydrogen-bond acceptors (Lipinski definition) is 4. The summed E-state index contributed by atoms with van der Waals surface area (Å²) in [6.45, 7) is 1.86. The van der Waals surface area contributed by atoms with Gasteiger partial charge >= 0.3 is 0 Å². The lowest BCUT2D eigenvalue weighted by Gasteiger charge is -2.19. The molecule has 1 aliphatic carbocycles. The van der Waals surface area contributed by atoms with E-state index in [1.165, 1.54) is 0 Å². The second-order valence-corrected chi connectivity index (χ2v) is 4.74. The van der Waals surface area contributed by atoms with E-state index in [0.717, 1.165) is 24.0 Å². The Labute approximate surface area is 111 Å². The molecule has 0 radical (unpaired) electrons. The SMILES string of the molecule is COc1c(C2(N=C=O)CC2)cc(Cl)c(C)c1OC. The Balaban J connectivity index is 2.68. The van der Waals surface area contributed by atoms with E-state index in [2.05, 4.69) is 4.99 Å². The van der Waals surface area contributed by atoms with E-state index >= 15 is 0 Å². The molecule has 5 heteroatoms. The lowest BCUT2D eigenvalue weighted by atomic mass is 10.0. The third-order valence-electron chi connectivity index (χ3n) is 3.31. The number of aliphatic imine (C=N–C) groups is 1. The molecule has 2 rings (SSSR count). The lowest BCUT2D eigenvalue weighted by molar-refractivity contribution is 0.347. The molecule has 4 nitrogen and oxygen atoms in total. The number of halogens is 1. The average molecular weight is 268 g/mol. The summed E-state index contributed by atoms with van der Waals surface area (Å²) in [6, 6.07) is 1.80. The van der Waals surface area contributed by atoms with Crippen molar-refractivity contribution in [2.45, 2.75) is 25.3 Å². The zero-order valence-electron chi connectivity index (χ0n) is 10.5. The number of isocyanates is 1. The molecule has 0 aliphatic heterocycles. The molecule has 1 aliphatic rings. The second-order valence-electron chi connectivity index (χ2n) is 4.33. The van der Waals surface area contributed by atoms with Crippen LogP contribution in [-0.2, 0) is 10.3 Å². The van der Waals surface area contributed by atoms with E-state index in [0.29, 0.717) is 16.5 Å². The van der Waals surface area contributed by atoms with E-state index in [9.17, 15) is 4.79 Å². The maximum absolute atomic E-state index is 10.5. The van der Waals surface area contributed by atoms with Crippen LogP contribution in [0.4, 0.5) is 0 Å². The van der Waals surface area contributed by atoms with Gasteiger partial charge in [-0.25, -0.2) is 4.79 Å². The molecular formula is C13H14ClNO3. The van der Waals surface area contributed by atoms with E-state index in [-0.39, 0.29) is 0 Å². The Kier molecular flexibility index (Phi) is 3.33. The monoisotopic (exact) mass is 267 g/mol. The Morgan fingerprint density at radius 1 is 1.33 bits per heavy atom. The highest BCUT2D eigenvalue weighted by Crippen LogP contribution is 2.55. The third-order valence-corrected chi connectivity index (χ3v) is 3.71. The van der Waals surface area contributed by atoms with Crippen LogP contribution in [0.15, 0.2) is 11.1 Å². The largest absolute Gasteiger partial charge is 0.493 e. The van der Waals surface area contributed by atoms with Gasteiger partial charge in [-0.05, 0) is 25.8 Å². The first kappa shape index (κ1) is 12.9. The van der Waals surface area contributed by atoms with Crippen molar-refractivity contribution >= 4 is 17.7 Å². The number of ether oxygens (including phenoxy) is 2. The minimum Gasteiger partial charge on any atom is -0.493 e. The Hall–Kier alpha value is -1.51. The molecule has 0 N–H and O–H groups in total. The van der Waals surface area contributed by atoms with Gasteiger partial charge in [0.15, 0.2) is 11.5 Å². The van der Waals surface area contributed by atoms with Crippen molar-refractivity contribution in [3.63, 3.8) is 0 Å². The number of carbonyl (C=O) groups excluding carboxylic acids is 1. The number of methoxy groups -OCH3 is 2. The van der Waals surface area contributed by atoms with Gasteiger partial charge in [0.05, 0.1) is 14.2 Å². The fraction of sp³-hybridized carbons (Fsp3) is 0.462. The molecule has 0 saturated heterocycles. The fourth-order valence-electron chi connectivity index (χ4n) is 2.14. The van der Waals surface area contributed by atoms with Gasteiger partial charge in [-0.2, -0.15) is 4.99 Å². The zero-order chi connectivity index (χ0) is 13.3. The van der Waals surface area contributed by atoms with Crippen LogP contribution in [0.3, 0.4) is 0 Å². The van der Waals surface area contributed by atoms with Gasteiger partial charge in [0.2, 0.25) is 6.08 Å². The molecule has 0 amide bonds. The molecule has 0 atom stereocenters. The average Bonchev–Trinajstić information content (AvgIpc) is 3.13. The first-order valence-corrected chi connectivity index (χ1v) is 5.98. The van der Waals surface area contributed by atoms with Crippen molar-refractivity contribution in [1.82, 2.24) is 0 Å². The first-order chi connectivity index (χ1) is 8.59. The lowest BCUT2D eigenvalue weighted by Crippen LogP contribution is -2.07. The van der Waals surface area contributed by atoms with Gasteiger partial charge in [0, 0.05) is 16.1 Å². The predicted octanol–water partition coefficient (Wildman–Crippen LogP) is 2.99. The summed E-state index contributed by atoms with van der Waals surface area (Å²) < 4.78 is 10.7. The molecule has 0 heterocycles. The minimum absolute atomic E-state index is 0.530. The molecule has 1 saturated carbocycles. The highest BCUT2D eigenvalue weighted by molar-refractivity contribution is 6.31. The summed E-state index contributed by atoms with van der Waals surface area (Å²) in [5.74, 6) is 1.18. The molecule has 0 unspecified atom stereocenters. The normalized spacial score (nSPS) is 15.8. The fourth-order valence-corrected chi connectivity index (χ4v) is 2.34. The van der Waals surface area contributed by atoms with Gasteiger partial charge in [-0.1, -0.05) is 11.6 Å². The van der Waals surface area contributed by atoms with Gasteiger partial charge in [-0.15, -0.1) is 0 Å². The van der Waals surface area contributed by atoms with Crippen LogP contribution >= 0.6 is 11.6 Å². The van der Waals surface area contributed by atoms with Gasteiger partial charge in [0.1, 0.15) is 5.54 Å². The van der Waals surface area contributed by atoms with Crippen LogP contribution < -0.4 is 9.47 Å². The van der Waals surface area contributed by atoms with Crippen LogP contribution in [0.25, 0.3) is 0 Å². The van der Waals surface area contributed by atoms with Crippen LogP contribution in [0.2, 0.25) is 5.02 Å². The van der Waals surface area contributed by atoms with Gasteiger partial charge < -0.3 is 9.47 Å². The molecule has 0 spiro atoms. The maximum atomic E-state index is 10.5. The van der Waals surface area contributed by atoms with Crippen molar-refractivity contribution in [2.24, 2.45) is 4.99 Å². The number of rotatable bonds is 4. The molecule has 1 fully saturated rings. The Bertz CT molecular complexity index is 532. The smallest absolute Gasteiger partial charge is 0.235 e. The molecule has 0 bridgehead atoms. The number of hydrogen-bond donors (Lipinski definition) is 0. The van der Waals surface area contributed by atoms with Gasteiger partial charge in [0.25, 0.3) is 0 Å². The van der Waals surface area contributed by atoms with E-state index in [1.807, 2.05) is 6.92 Å². The minimum atomic E-state index is -0.530. The number of benzene rings is 1. The van der Waals surface area contributed by atoms with Gasteiger partial charge in [-0.3, -0.25) is 0 Å². The van der Waals surface area contributed by atoms with Crippen LogP contribution in [0.1, 0.15) is 24.0 Å². The van der Waals surface area contributed by atoms with E-state index in [1.54, 1.807) is 26.4 Å². The van der Waals surface area contributed by atoms with Crippen molar-refractivity contribution < 1.29 is 14.3 Å². The molecular weight excluding hydrogens is 254 g/mol. The maximum Gasteiger partial charge on any atom is 0.235 e. The van der Waals surface area contributed by atoms with Crippen molar-refractivity contribution in [3.8, 4) is 11.5 Å². The number of nitrogens with zero attached hydrogens (tertiary/aromatic N) is 1. The van der Waals surface area contributed by atoms with E-state index in [4.69, 9.17) is 21.1 Å². The highest BCUT2D eigenvalue weighted by atomic mass is 35.5. The summed E-state index contributed by atoms with van der Waals surface area (Å²) >= 11 is 6.18. The third kappa shape index (κ3) is 1.88. The van der Waals surface area contributed by atoms with Crippen LogP contribution in [0, 0.1) is 6.92 Å². The van der Waals surface area contributed by atoms with Crippen LogP contribution in [0.5, 0.6) is 11.5 Å². The summed E-state index contributed by atoms with van der Waals surface area (Å²) in [7, 11) is 3.13. The Morgan fingerprint density at radius 3 is 2.39 bits per heavy atom. The second kappa shape index (κ2) is 4.63. The first-order valence-electron chi connectivity index (χ1n) is 5.60. The summed E-state index contributed by atoms with van der Waals surface area (Å²) in [5.41, 5.74) is 1.07. The Morgan fingerprint density at radius 2 is 1.94 bits per heavy atom. The molecule has 18 heavy (non-hydrogen) atoms. The van der Waals surface area contributed by atoms with E-state index < -0.39 is 5.54 Å². The molecule has 0 aromatic heterocycles. The quantitative estimate of drug-likeness (QED) is 0.622. The topological polar surface area (TPSA) is 47.9 Å². The molecule has 1 aromatic rings.